The van der Waals surface area contributed by atoms with E-state index in [2.05, 4.69) is 46.5 Å². The SMILES string of the molecule is Cc1c(NC(=O)c2ccc(CBr)c(C(F)(F)F)c2)cccc1Nc1nccc(-c2cncnc2)n1. The molecule has 0 saturated heterocycles. The van der Waals surface area contributed by atoms with Gasteiger partial charge in [-0.3, -0.25) is 4.79 Å². The van der Waals surface area contributed by atoms with E-state index < -0.39 is 17.6 Å². The average Bonchev–Trinajstić information content (AvgIpc) is 2.86. The first-order valence-electron chi connectivity index (χ1n) is 10.3. The summed E-state index contributed by atoms with van der Waals surface area (Å²) in [7, 11) is 0. The van der Waals surface area contributed by atoms with E-state index in [4.69, 9.17) is 0 Å². The molecular formula is C24H18BrF3N6O. The van der Waals surface area contributed by atoms with Crippen LogP contribution < -0.4 is 10.6 Å². The molecule has 2 aromatic heterocycles. The van der Waals surface area contributed by atoms with Crippen LogP contribution >= 0.6 is 15.9 Å². The fourth-order valence-corrected chi connectivity index (χ4v) is 3.82. The normalized spacial score (nSPS) is 11.2. The largest absolute Gasteiger partial charge is 0.416 e. The fourth-order valence-electron chi connectivity index (χ4n) is 3.33. The van der Waals surface area contributed by atoms with Crippen molar-refractivity contribution < 1.29 is 18.0 Å². The summed E-state index contributed by atoms with van der Waals surface area (Å²) in [5.41, 5.74) is 2.17. The van der Waals surface area contributed by atoms with E-state index in [1.54, 1.807) is 49.8 Å². The first kappa shape index (κ1) is 24.3. The van der Waals surface area contributed by atoms with Gasteiger partial charge in [0.05, 0.1) is 11.3 Å². The molecule has 0 bridgehead atoms. The molecule has 0 fully saturated rings. The summed E-state index contributed by atoms with van der Waals surface area (Å²) in [6, 6.07) is 10.4. The molecule has 2 N–H and O–H groups in total. The van der Waals surface area contributed by atoms with Gasteiger partial charge in [-0.2, -0.15) is 13.2 Å². The minimum Gasteiger partial charge on any atom is -0.324 e. The standard InChI is InChI=1S/C24H18BrF3N6O/c1-14-19(32-22(35)15-5-6-16(10-25)18(9-15)24(26,27)28)3-2-4-20(14)33-23-31-8-7-21(34-23)17-11-29-13-30-12-17/h2-9,11-13H,10H2,1H3,(H,32,35)(H,31,33,34). The molecule has 0 aliphatic rings. The second kappa shape index (κ2) is 10.2. The van der Waals surface area contributed by atoms with Gasteiger partial charge in [-0.15, -0.1) is 0 Å². The summed E-state index contributed by atoms with van der Waals surface area (Å²) in [6.07, 6.45) is 1.71. The zero-order chi connectivity index (χ0) is 25.0. The number of hydrogen-bond donors (Lipinski definition) is 2. The molecule has 2 heterocycles. The number of carbonyl (C=O) groups excluding carboxylic acids is 1. The molecule has 0 radical (unpaired) electrons. The monoisotopic (exact) mass is 542 g/mol. The Bertz CT molecular complexity index is 1370. The van der Waals surface area contributed by atoms with Crippen LogP contribution in [-0.4, -0.2) is 25.8 Å². The Morgan fingerprint density at radius 2 is 1.80 bits per heavy atom. The van der Waals surface area contributed by atoms with Gasteiger partial charge in [0, 0.05) is 46.4 Å². The van der Waals surface area contributed by atoms with E-state index in [1.807, 2.05) is 0 Å². The number of halogens is 4. The molecule has 0 aliphatic heterocycles. The van der Waals surface area contributed by atoms with Crippen molar-refractivity contribution in [2.75, 3.05) is 10.6 Å². The van der Waals surface area contributed by atoms with Crippen LogP contribution in [0.4, 0.5) is 30.5 Å². The van der Waals surface area contributed by atoms with E-state index in [1.165, 1.54) is 18.5 Å². The lowest BCUT2D eigenvalue weighted by Crippen LogP contribution is -2.16. The molecule has 4 aromatic rings. The maximum absolute atomic E-state index is 13.4. The van der Waals surface area contributed by atoms with Crippen molar-refractivity contribution in [1.29, 1.82) is 0 Å². The average molecular weight is 543 g/mol. The second-order valence-corrected chi connectivity index (χ2v) is 8.01. The van der Waals surface area contributed by atoms with E-state index in [9.17, 15) is 18.0 Å². The highest BCUT2D eigenvalue weighted by Crippen LogP contribution is 2.34. The Hall–Kier alpha value is -3.86. The maximum atomic E-state index is 13.4. The van der Waals surface area contributed by atoms with Crippen LogP contribution in [-0.2, 0) is 11.5 Å². The Balaban J connectivity index is 1.56. The molecule has 11 heteroatoms. The van der Waals surface area contributed by atoms with Crippen LogP contribution in [0, 0.1) is 6.92 Å². The summed E-state index contributed by atoms with van der Waals surface area (Å²) in [4.78, 5) is 29.4. The molecule has 178 valence electrons. The van der Waals surface area contributed by atoms with E-state index >= 15 is 0 Å². The van der Waals surface area contributed by atoms with Crippen LogP contribution in [0.2, 0.25) is 0 Å². The summed E-state index contributed by atoms with van der Waals surface area (Å²) in [5, 5.41) is 5.83. The van der Waals surface area contributed by atoms with Crippen LogP contribution in [0.5, 0.6) is 0 Å². The third-order valence-corrected chi connectivity index (χ3v) is 5.77. The van der Waals surface area contributed by atoms with Gasteiger partial charge in [0.25, 0.3) is 5.91 Å². The van der Waals surface area contributed by atoms with E-state index in [-0.39, 0.29) is 16.5 Å². The summed E-state index contributed by atoms with van der Waals surface area (Å²) < 4.78 is 40.2. The molecule has 1 amide bonds. The Labute approximate surface area is 207 Å². The zero-order valence-electron chi connectivity index (χ0n) is 18.3. The number of aromatic nitrogens is 4. The lowest BCUT2D eigenvalue weighted by atomic mass is 10.0. The minimum absolute atomic E-state index is 0.0249. The van der Waals surface area contributed by atoms with Crippen molar-refractivity contribution >= 4 is 39.2 Å². The predicted molar refractivity (Wildman–Crippen MR) is 130 cm³/mol. The highest BCUT2D eigenvalue weighted by molar-refractivity contribution is 9.08. The van der Waals surface area contributed by atoms with Crippen molar-refractivity contribution in [3.63, 3.8) is 0 Å². The molecule has 35 heavy (non-hydrogen) atoms. The van der Waals surface area contributed by atoms with Crippen molar-refractivity contribution in [1.82, 2.24) is 19.9 Å². The van der Waals surface area contributed by atoms with Crippen LogP contribution in [0.3, 0.4) is 0 Å². The first-order valence-corrected chi connectivity index (χ1v) is 11.4. The highest BCUT2D eigenvalue weighted by atomic mass is 79.9. The number of amides is 1. The number of alkyl halides is 4. The van der Waals surface area contributed by atoms with Gasteiger partial charge in [0.1, 0.15) is 6.33 Å². The van der Waals surface area contributed by atoms with Crippen LogP contribution in [0.1, 0.15) is 27.0 Å². The molecule has 4 rings (SSSR count). The van der Waals surface area contributed by atoms with E-state index in [0.29, 0.717) is 28.6 Å². The lowest BCUT2D eigenvalue weighted by molar-refractivity contribution is -0.138. The first-order chi connectivity index (χ1) is 16.8. The number of hydrogen-bond acceptors (Lipinski definition) is 6. The molecule has 0 atom stereocenters. The van der Waals surface area contributed by atoms with Gasteiger partial charge in [-0.1, -0.05) is 28.1 Å². The minimum atomic E-state index is -4.57. The molecular weight excluding hydrogens is 525 g/mol. The van der Waals surface area contributed by atoms with Crippen LogP contribution in [0.25, 0.3) is 11.3 Å². The quantitative estimate of drug-likeness (QED) is 0.284. The second-order valence-electron chi connectivity index (χ2n) is 7.45. The number of nitrogens with zero attached hydrogens (tertiary/aromatic N) is 4. The Kier molecular flexibility index (Phi) is 7.06. The summed E-state index contributed by atoms with van der Waals surface area (Å²) in [5.74, 6) is -0.336. The van der Waals surface area contributed by atoms with Gasteiger partial charge >= 0.3 is 6.18 Å². The van der Waals surface area contributed by atoms with Crippen LogP contribution in [0.15, 0.2) is 67.4 Å². The van der Waals surface area contributed by atoms with Gasteiger partial charge in [0.15, 0.2) is 0 Å². The number of rotatable bonds is 6. The number of nitrogens with one attached hydrogen (secondary N) is 2. The molecule has 7 nitrogen and oxygen atoms in total. The van der Waals surface area contributed by atoms with Crippen molar-refractivity contribution in [3.05, 3.63) is 89.6 Å². The predicted octanol–water partition coefficient (Wildman–Crippen LogP) is 6.15. The zero-order valence-corrected chi connectivity index (χ0v) is 19.9. The summed E-state index contributed by atoms with van der Waals surface area (Å²) in [6.45, 7) is 1.77. The molecule has 0 spiro atoms. The third kappa shape index (κ3) is 5.62. The molecule has 0 unspecified atom stereocenters. The number of benzene rings is 2. The molecule has 2 aromatic carbocycles. The fraction of sp³-hybridized carbons (Fsp3) is 0.125. The summed E-state index contributed by atoms with van der Waals surface area (Å²) >= 11 is 3.05. The third-order valence-electron chi connectivity index (χ3n) is 5.16. The van der Waals surface area contributed by atoms with Crippen molar-refractivity contribution in [2.45, 2.75) is 18.4 Å². The Morgan fingerprint density at radius 3 is 2.51 bits per heavy atom. The smallest absolute Gasteiger partial charge is 0.324 e. The lowest BCUT2D eigenvalue weighted by Gasteiger charge is -2.15. The van der Waals surface area contributed by atoms with E-state index in [0.717, 1.165) is 11.6 Å². The van der Waals surface area contributed by atoms with Gasteiger partial charge in [-0.05, 0) is 48.4 Å². The maximum Gasteiger partial charge on any atom is 0.416 e. The molecule has 0 saturated carbocycles. The van der Waals surface area contributed by atoms with Crippen molar-refractivity contribution in [3.8, 4) is 11.3 Å². The van der Waals surface area contributed by atoms with Gasteiger partial charge < -0.3 is 10.6 Å². The molecule has 0 aliphatic carbocycles. The van der Waals surface area contributed by atoms with Crippen molar-refractivity contribution in [2.24, 2.45) is 0 Å². The highest BCUT2D eigenvalue weighted by Gasteiger charge is 2.33. The topological polar surface area (TPSA) is 92.7 Å². The Morgan fingerprint density at radius 1 is 1.06 bits per heavy atom. The number of anilines is 3. The van der Waals surface area contributed by atoms with Gasteiger partial charge in [-0.25, -0.2) is 19.9 Å². The number of carbonyl (C=O) groups is 1. The van der Waals surface area contributed by atoms with Gasteiger partial charge in [0.2, 0.25) is 5.95 Å².